The summed E-state index contributed by atoms with van der Waals surface area (Å²) in [6.07, 6.45) is 2.52. The van der Waals surface area contributed by atoms with Gasteiger partial charge in [0.1, 0.15) is 10.9 Å². The smallest absolute Gasteiger partial charge is 0.266 e. The first-order valence-corrected chi connectivity index (χ1v) is 9.65. The largest absolute Gasteiger partial charge is 0.337 e. The Kier molecular flexibility index (Phi) is 4.55. The lowest BCUT2D eigenvalue weighted by molar-refractivity contribution is 0.0713. The van der Waals surface area contributed by atoms with Crippen LogP contribution in [0.3, 0.4) is 0 Å². The number of hydrogen-bond donors (Lipinski definition) is 0. The molecule has 0 bridgehead atoms. The maximum Gasteiger partial charge on any atom is 0.266 e. The highest BCUT2D eigenvalue weighted by molar-refractivity contribution is 7.13. The third kappa shape index (κ3) is 3.03. The number of aryl methyl sites for hydroxylation is 2. The zero-order valence-electron chi connectivity index (χ0n) is 14.8. The van der Waals surface area contributed by atoms with E-state index in [4.69, 9.17) is 4.52 Å². The molecule has 0 radical (unpaired) electrons. The molecule has 1 saturated heterocycles. The van der Waals surface area contributed by atoms with Crippen molar-refractivity contribution < 1.29 is 9.32 Å². The van der Waals surface area contributed by atoms with E-state index < -0.39 is 0 Å². The Morgan fingerprint density at radius 1 is 1.31 bits per heavy atom. The highest BCUT2D eigenvalue weighted by atomic mass is 32.1. The van der Waals surface area contributed by atoms with E-state index in [-0.39, 0.29) is 11.9 Å². The van der Waals surface area contributed by atoms with Crippen molar-refractivity contribution >= 4 is 17.2 Å². The first-order valence-electron chi connectivity index (χ1n) is 8.83. The summed E-state index contributed by atoms with van der Waals surface area (Å²) in [4.78, 5) is 24.7. The van der Waals surface area contributed by atoms with E-state index in [0.29, 0.717) is 18.3 Å². The summed E-state index contributed by atoms with van der Waals surface area (Å²) in [6, 6.07) is 9.55. The molecule has 7 heteroatoms. The van der Waals surface area contributed by atoms with Crippen LogP contribution >= 0.6 is 11.3 Å². The fourth-order valence-corrected chi connectivity index (χ4v) is 4.31. The van der Waals surface area contributed by atoms with Gasteiger partial charge in [0.05, 0.1) is 10.7 Å². The van der Waals surface area contributed by atoms with Gasteiger partial charge in [-0.25, -0.2) is 4.98 Å². The van der Waals surface area contributed by atoms with E-state index in [1.165, 1.54) is 11.3 Å². The molecule has 0 N–H and O–H groups in total. The van der Waals surface area contributed by atoms with E-state index in [1.807, 2.05) is 49.1 Å². The van der Waals surface area contributed by atoms with Crippen LogP contribution in [-0.4, -0.2) is 32.5 Å². The molecule has 1 amide bonds. The van der Waals surface area contributed by atoms with E-state index in [2.05, 4.69) is 15.1 Å². The van der Waals surface area contributed by atoms with Crippen molar-refractivity contribution in [1.29, 1.82) is 0 Å². The molecule has 1 aliphatic heterocycles. The molecule has 134 valence electrons. The van der Waals surface area contributed by atoms with Crippen LogP contribution in [0.1, 0.15) is 52.1 Å². The fourth-order valence-electron chi connectivity index (χ4n) is 3.35. The Morgan fingerprint density at radius 2 is 2.12 bits per heavy atom. The van der Waals surface area contributed by atoms with Crippen molar-refractivity contribution in [3.8, 4) is 11.4 Å². The second kappa shape index (κ2) is 6.99. The second-order valence-corrected chi connectivity index (χ2v) is 7.54. The first-order chi connectivity index (χ1) is 12.7. The van der Waals surface area contributed by atoms with Gasteiger partial charge in [0.2, 0.25) is 11.7 Å². The van der Waals surface area contributed by atoms with Crippen LogP contribution in [0.5, 0.6) is 0 Å². The molecule has 1 aliphatic rings. The third-order valence-electron chi connectivity index (χ3n) is 4.61. The van der Waals surface area contributed by atoms with E-state index in [9.17, 15) is 4.79 Å². The molecule has 3 aromatic rings. The minimum absolute atomic E-state index is 0.0226. The number of nitrogens with zero attached hydrogens (tertiary/aromatic N) is 4. The van der Waals surface area contributed by atoms with Gasteiger partial charge < -0.3 is 9.42 Å². The van der Waals surface area contributed by atoms with Crippen molar-refractivity contribution in [2.45, 2.75) is 39.2 Å². The lowest BCUT2D eigenvalue weighted by Gasteiger charge is -2.21. The topological polar surface area (TPSA) is 72.1 Å². The zero-order chi connectivity index (χ0) is 18.1. The number of likely N-dealkylation sites (tertiary alicyclic amines) is 1. The van der Waals surface area contributed by atoms with Gasteiger partial charge in [-0.2, -0.15) is 4.98 Å². The van der Waals surface area contributed by atoms with Crippen molar-refractivity contribution in [3.63, 3.8) is 0 Å². The van der Waals surface area contributed by atoms with Gasteiger partial charge in [-0.1, -0.05) is 42.4 Å². The molecular weight excluding hydrogens is 348 g/mol. The number of rotatable bonds is 4. The molecule has 0 spiro atoms. The number of benzene rings is 1. The average molecular weight is 368 g/mol. The first kappa shape index (κ1) is 16.9. The van der Waals surface area contributed by atoms with Crippen LogP contribution in [0.4, 0.5) is 0 Å². The number of amides is 1. The van der Waals surface area contributed by atoms with Crippen LogP contribution < -0.4 is 0 Å². The van der Waals surface area contributed by atoms with Crippen molar-refractivity contribution in [2.75, 3.05) is 6.54 Å². The Morgan fingerprint density at radius 3 is 2.88 bits per heavy atom. The van der Waals surface area contributed by atoms with E-state index >= 15 is 0 Å². The Labute approximate surface area is 155 Å². The monoisotopic (exact) mass is 368 g/mol. The molecule has 0 saturated carbocycles. The van der Waals surface area contributed by atoms with Gasteiger partial charge in [-0.05, 0) is 26.2 Å². The summed E-state index contributed by atoms with van der Waals surface area (Å²) in [6.45, 7) is 4.66. The minimum atomic E-state index is -0.167. The summed E-state index contributed by atoms with van der Waals surface area (Å²) in [5.74, 6) is 1.09. The van der Waals surface area contributed by atoms with Gasteiger partial charge >= 0.3 is 0 Å². The molecule has 1 atom stereocenters. The SMILES string of the molecule is CCc1nc(C)sc1C(=O)N1CCC[C@@H]1c1nc(-c2ccccc2)no1. The van der Waals surface area contributed by atoms with Crippen LogP contribution in [0.15, 0.2) is 34.9 Å². The van der Waals surface area contributed by atoms with E-state index in [0.717, 1.165) is 40.4 Å². The molecule has 0 aliphatic carbocycles. The summed E-state index contributed by atoms with van der Waals surface area (Å²) >= 11 is 1.46. The Balaban J connectivity index is 1.61. The van der Waals surface area contributed by atoms with Crippen LogP contribution in [0.25, 0.3) is 11.4 Å². The predicted molar refractivity (Wildman–Crippen MR) is 99.0 cm³/mol. The van der Waals surface area contributed by atoms with Crippen LogP contribution in [0.2, 0.25) is 0 Å². The minimum Gasteiger partial charge on any atom is -0.337 e. The molecule has 1 fully saturated rings. The lowest BCUT2D eigenvalue weighted by atomic mass is 10.2. The summed E-state index contributed by atoms with van der Waals surface area (Å²) in [7, 11) is 0. The lowest BCUT2D eigenvalue weighted by Crippen LogP contribution is -2.30. The number of aromatic nitrogens is 3. The standard InChI is InChI=1S/C19H20N4O2S/c1-3-14-16(26-12(2)20-14)19(24)23-11-7-10-15(23)18-21-17(22-25-18)13-8-5-4-6-9-13/h4-6,8-9,15H,3,7,10-11H2,1-2H3/t15-/m1/s1. The predicted octanol–water partition coefficient (Wildman–Crippen LogP) is 4.04. The van der Waals surface area contributed by atoms with Gasteiger partial charge in [0.25, 0.3) is 5.91 Å². The number of thiazole rings is 1. The maximum atomic E-state index is 13.1. The van der Waals surface area contributed by atoms with Crippen molar-refractivity contribution in [2.24, 2.45) is 0 Å². The van der Waals surface area contributed by atoms with Gasteiger partial charge in [-0.3, -0.25) is 4.79 Å². The normalized spacial score (nSPS) is 17.0. The van der Waals surface area contributed by atoms with Crippen molar-refractivity contribution in [3.05, 3.63) is 51.8 Å². The van der Waals surface area contributed by atoms with Crippen molar-refractivity contribution in [1.82, 2.24) is 20.0 Å². The van der Waals surface area contributed by atoms with Crippen LogP contribution in [-0.2, 0) is 6.42 Å². The number of carbonyl (C=O) groups excluding carboxylic acids is 1. The third-order valence-corrected chi connectivity index (χ3v) is 5.61. The fraction of sp³-hybridized carbons (Fsp3) is 0.368. The number of hydrogen-bond acceptors (Lipinski definition) is 6. The maximum absolute atomic E-state index is 13.1. The van der Waals surface area contributed by atoms with Gasteiger partial charge in [-0.15, -0.1) is 11.3 Å². The van der Waals surface area contributed by atoms with Gasteiger partial charge in [0, 0.05) is 12.1 Å². The highest BCUT2D eigenvalue weighted by Crippen LogP contribution is 2.34. The molecule has 2 aromatic heterocycles. The second-order valence-electron chi connectivity index (χ2n) is 6.34. The molecule has 3 heterocycles. The molecular formula is C19H20N4O2S. The molecule has 4 rings (SSSR count). The Hall–Kier alpha value is -2.54. The average Bonchev–Trinajstić information content (AvgIpc) is 3.40. The number of carbonyl (C=O) groups is 1. The Bertz CT molecular complexity index is 919. The summed E-state index contributed by atoms with van der Waals surface area (Å²) in [5.41, 5.74) is 1.78. The summed E-state index contributed by atoms with van der Waals surface area (Å²) in [5, 5.41) is 5.02. The summed E-state index contributed by atoms with van der Waals surface area (Å²) < 4.78 is 5.51. The molecule has 1 aromatic carbocycles. The zero-order valence-corrected chi connectivity index (χ0v) is 15.6. The van der Waals surface area contributed by atoms with Crippen LogP contribution in [0, 0.1) is 6.92 Å². The molecule has 26 heavy (non-hydrogen) atoms. The van der Waals surface area contributed by atoms with Gasteiger partial charge in [0.15, 0.2) is 0 Å². The highest BCUT2D eigenvalue weighted by Gasteiger charge is 2.36. The quantitative estimate of drug-likeness (QED) is 0.695. The molecule has 6 nitrogen and oxygen atoms in total. The molecule has 0 unspecified atom stereocenters. The van der Waals surface area contributed by atoms with E-state index in [1.54, 1.807) is 0 Å².